The van der Waals surface area contributed by atoms with Crippen LogP contribution in [0.1, 0.15) is 49.3 Å². The first-order valence-electron chi connectivity index (χ1n) is 6.40. The van der Waals surface area contributed by atoms with Gasteiger partial charge in [-0.3, -0.25) is 0 Å². The summed E-state index contributed by atoms with van der Waals surface area (Å²) in [5, 5.41) is 20.5. The van der Waals surface area contributed by atoms with Gasteiger partial charge in [-0.2, -0.15) is 13.2 Å². The molecule has 0 aliphatic heterocycles. The van der Waals surface area contributed by atoms with Crippen molar-refractivity contribution in [3.63, 3.8) is 0 Å². The lowest BCUT2D eigenvalue weighted by atomic mass is 9.78. The van der Waals surface area contributed by atoms with Gasteiger partial charge in [-0.15, -0.1) is 0 Å². The highest BCUT2D eigenvalue weighted by atomic mass is 19.4. The summed E-state index contributed by atoms with van der Waals surface area (Å²) in [7, 11) is 0. The minimum absolute atomic E-state index is 0.124. The van der Waals surface area contributed by atoms with E-state index >= 15 is 0 Å². The van der Waals surface area contributed by atoms with Crippen LogP contribution < -0.4 is 0 Å². The molecule has 0 aromatic heterocycles. The Bertz CT molecular complexity index is 437. The lowest BCUT2D eigenvalue weighted by Crippen LogP contribution is -2.38. The molecule has 1 aromatic carbocycles. The molecule has 1 fully saturated rings. The molecule has 1 atom stereocenters. The van der Waals surface area contributed by atoms with Gasteiger partial charge in [0.15, 0.2) is 0 Å². The van der Waals surface area contributed by atoms with Crippen molar-refractivity contribution in [2.45, 2.75) is 50.0 Å². The number of alkyl halides is 3. The van der Waals surface area contributed by atoms with Crippen molar-refractivity contribution in [3.05, 3.63) is 35.4 Å². The second-order valence-electron chi connectivity index (χ2n) is 5.19. The fourth-order valence-corrected chi connectivity index (χ4v) is 2.63. The molecule has 1 unspecified atom stereocenters. The zero-order chi connectivity index (χ0) is 14.1. The van der Waals surface area contributed by atoms with E-state index in [0.717, 1.165) is 31.4 Å². The van der Waals surface area contributed by atoms with E-state index in [2.05, 4.69) is 0 Å². The maximum atomic E-state index is 12.6. The molecule has 0 bridgehead atoms. The van der Waals surface area contributed by atoms with Crippen molar-refractivity contribution in [1.82, 2.24) is 0 Å². The summed E-state index contributed by atoms with van der Waals surface area (Å²) < 4.78 is 37.9. The van der Waals surface area contributed by atoms with Crippen LogP contribution in [0.5, 0.6) is 0 Å². The third-order valence-corrected chi connectivity index (χ3v) is 3.76. The van der Waals surface area contributed by atoms with Crippen LogP contribution in [0.25, 0.3) is 0 Å². The molecule has 106 valence electrons. The minimum atomic E-state index is -4.44. The zero-order valence-corrected chi connectivity index (χ0v) is 10.5. The predicted octanol–water partition coefficient (Wildman–Crippen LogP) is 3.43. The number of hydrogen-bond acceptors (Lipinski definition) is 2. The van der Waals surface area contributed by atoms with Gasteiger partial charge >= 0.3 is 6.18 Å². The number of benzene rings is 1. The van der Waals surface area contributed by atoms with Gasteiger partial charge in [0.1, 0.15) is 6.10 Å². The van der Waals surface area contributed by atoms with Crippen molar-refractivity contribution in [2.75, 3.05) is 0 Å². The molecule has 1 saturated carbocycles. The summed E-state index contributed by atoms with van der Waals surface area (Å²) in [6, 6.07) is 4.55. The van der Waals surface area contributed by atoms with Crippen LogP contribution in [0.4, 0.5) is 13.2 Å². The summed E-state index contributed by atoms with van der Waals surface area (Å²) in [6.07, 6.45) is -2.31. The maximum absolute atomic E-state index is 12.6. The molecule has 1 aliphatic carbocycles. The first-order valence-corrected chi connectivity index (χ1v) is 6.40. The zero-order valence-electron chi connectivity index (χ0n) is 10.5. The van der Waals surface area contributed by atoms with Crippen LogP contribution in [-0.2, 0) is 6.18 Å². The Morgan fingerprint density at radius 3 is 2.32 bits per heavy atom. The number of hydrogen-bond donors (Lipinski definition) is 2. The molecule has 5 heteroatoms. The predicted molar refractivity (Wildman–Crippen MR) is 64.4 cm³/mol. The van der Waals surface area contributed by atoms with Crippen molar-refractivity contribution in [1.29, 1.82) is 0 Å². The molecule has 2 rings (SSSR count). The molecule has 0 amide bonds. The summed E-state index contributed by atoms with van der Waals surface area (Å²) in [4.78, 5) is 0. The van der Waals surface area contributed by atoms with Gasteiger partial charge < -0.3 is 10.2 Å². The van der Waals surface area contributed by atoms with Crippen LogP contribution >= 0.6 is 0 Å². The Hall–Kier alpha value is -1.07. The molecule has 2 nitrogen and oxygen atoms in total. The van der Waals surface area contributed by atoms with Crippen molar-refractivity contribution in [3.8, 4) is 0 Å². The van der Waals surface area contributed by atoms with Gasteiger partial charge in [0, 0.05) is 0 Å². The normalized spacial score (nSPS) is 21.1. The summed E-state index contributed by atoms with van der Waals surface area (Å²) in [5.74, 6) is 0. The minimum Gasteiger partial charge on any atom is -0.387 e. The van der Waals surface area contributed by atoms with Crippen LogP contribution in [0.15, 0.2) is 24.3 Å². The van der Waals surface area contributed by atoms with Gasteiger partial charge in [0.2, 0.25) is 0 Å². The Kier molecular flexibility index (Phi) is 3.87. The molecular formula is C14H17F3O2. The topological polar surface area (TPSA) is 40.5 Å². The molecule has 0 saturated heterocycles. The van der Waals surface area contributed by atoms with E-state index in [0.29, 0.717) is 12.8 Å². The lowest BCUT2D eigenvalue weighted by Gasteiger charge is -2.36. The Labute approximate surface area is 109 Å². The van der Waals surface area contributed by atoms with Gasteiger partial charge in [-0.05, 0) is 30.5 Å². The van der Waals surface area contributed by atoms with Crippen LogP contribution in [-0.4, -0.2) is 15.8 Å². The number of halogens is 3. The largest absolute Gasteiger partial charge is 0.416 e. The van der Waals surface area contributed by atoms with E-state index in [1.54, 1.807) is 0 Å². The van der Waals surface area contributed by atoms with Crippen LogP contribution in [0, 0.1) is 0 Å². The average molecular weight is 274 g/mol. The number of rotatable bonds is 2. The van der Waals surface area contributed by atoms with E-state index in [1.807, 2.05) is 0 Å². The molecule has 0 heterocycles. The first kappa shape index (κ1) is 14.3. The number of aliphatic hydroxyl groups is 2. The standard InChI is InChI=1S/C14H17F3O2/c15-14(16,17)11-6-4-5-10(9-11)12(18)13(19)7-2-1-3-8-13/h4-6,9,12,18-19H,1-3,7-8H2. The maximum Gasteiger partial charge on any atom is 0.416 e. The quantitative estimate of drug-likeness (QED) is 0.867. The summed E-state index contributed by atoms with van der Waals surface area (Å²) >= 11 is 0. The van der Waals surface area contributed by atoms with E-state index < -0.39 is 23.4 Å². The van der Waals surface area contributed by atoms with Crippen LogP contribution in [0.3, 0.4) is 0 Å². The van der Waals surface area contributed by atoms with E-state index in [1.165, 1.54) is 12.1 Å². The van der Waals surface area contributed by atoms with Gasteiger partial charge in [0.05, 0.1) is 11.2 Å². The molecule has 19 heavy (non-hydrogen) atoms. The van der Waals surface area contributed by atoms with E-state index in [9.17, 15) is 23.4 Å². The Morgan fingerprint density at radius 2 is 1.74 bits per heavy atom. The third-order valence-electron chi connectivity index (χ3n) is 3.76. The SMILES string of the molecule is OC(c1cccc(C(F)(F)F)c1)C1(O)CCCCC1. The fraction of sp³-hybridized carbons (Fsp3) is 0.571. The van der Waals surface area contributed by atoms with Crippen molar-refractivity contribution < 1.29 is 23.4 Å². The highest BCUT2D eigenvalue weighted by Gasteiger charge is 2.39. The highest BCUT2D eigenvalue weighted by Crippen LogP contribution is 2.39. The Balaban J connectivity index is 2.26. The van der Waals surface area contributed by atoms with Crippen molar-refractivity contribution in [2.24, 2.45) is 0 Å². The second kappa shape index (κ2) is 5.13. The molecule has 2 N–H and O–H groups in total. The van der Waals surface area contributed by atoms with E-state index in [-0.39, 0.29) is 5.56 Å². The third kappa shape index (κ3) is 3.09. The second-order valence-corrected chi connectivity index (χ2v) is 5.19. The number of aliphatic hydroxyl groups excluding tert-OH is 1. The van der Waals surface area contributed by atoms with Crippen molar-refractivity contribution >= 4 is 0 Å². The summed E-state index contributed by atoms with van der Waals surface area (Å²) in [5.41, 5.74) is -1.98. The van der Waals surface area contributed by atoms with E-state index in [4.69, 9.17) is 0 Å². The molecule has 0 spiro atoms. The smallest absolute Gasteiger partial charge is 0.387 e. The summed E-state index contributed by atoms with van der Waals surface area (Å²) in [6.45, 7) is 0. The fourth-order valence-electron chi connectivity index (χ4n) is 2.63. The molecular weight excluding hydrogens is 257 g/mol. The lowest BCUT2D eigenvalue weighted by molar-refractivity contribution is -0.138. The monoisotopic (exact) mass is 274 g/mol. The first-order chi connectivity index (χ1) is 8.83. The van der Waals surface area contributed by atoms with Gasteiger partial charge in [0.25, 0.3) is 0 Å². The van der Waals surface area contributed by atoms with Crippen LogP contribution in [0.2, 0.25) is 0 Å². The molecule has 1 aromatic rings. The highest BCUT2D eigenvalue weighted by molar-refractivity contribution is 5.28. The molecule has 0 radical (unpaired) electrons. The molecule has 1 aliphatic rings. The average Bonchev–Trinajstić information content (AvgIpc) is 2.38. The van der Waals surface area contributed by atoms with Gasteiger partial charge in [-0.1, -0.05) is 31.4 Å². The Morgan fingerprint density at radius 1 is 1.11 bits per heavy atom. The van der Waals surface area contributed by atoms with Gasteiger partial charge in [-0.25, -0.2) is 0 Å².